The molecule has 0 aromatic heterocycles. The number of carbonyl (C=O) groups excluding carboxylic acids is 1. The van der Waals surface area contributed by atoms with Crippen molar-refractivity contribution < 1.29 is 14.3 Å². The van der Waals surface area contributed by atoms with E-state index in [1.165, 1.54) is 12.8 Å². The zero-order valence-corrected chi connectivity index (χ0v) is 15.2. The van der Waals surface area contributed by atoms with Crippen molar-refractivity contribution in [2.45, 2.75) is 44.7 Å². The van der Waals surface area contributed by atoms with E-state index in [9.17, 15) is 4.79 Å². The molecule has 0 radical (unpaired) electrons. The molecule has 1 aromatic carbocycles. The van der Waals surface area contributed by atoms with Crippen LogP contribution in [-0.2, 0) is 0 Å². The van der Waals surface area contributed by atoms with Crippen LogP contribution in [0.15, 0.2) is 12.1 Å². The number of ether oxygens (including phenoxy) is 2. The van der Waals surface area contributed by atoms with Gasteiger partial charge in [-0.15, -0.1) is 0 Å². The standard InChI is InChI=1S/C19H28N2O3/c1-13-17(23-3)11-14(12-18(13)24-4)19(22)21-10-6-8-16(21)15-7-5-9-20(15)2/h11-12,15-16H,5-10H2,1-4H3. The van der Waals surface area contributed by atoms with Gasteiger partial charge in [0.25, 0.3) is 5.91 Å². The van der Waals surface area contributed by atoms with Crippen molar-refractivity contribution >= 4 is 5.91 Å². The third-order valence-corrected chi connectivity index (χ3v) is 5.58. The monoisotopic (exact) mass is 332 g/mol. The predicted octanol–water partition coefficient (Wildman–Crippen LogP) is 2.71. The Kier molecular flexibility index (Phi) is 4.99. The fourth-order valence-electron chi connectivity index (χ4n) is 4.24. The molecule has 0 N–H and O–H groups in total. The van der Waals surface area contributed by atoms with Crippen LogP contribution in [0.25, 0.3) is 0 Å². The van der Waals surface area contributed by atoms with Gasteiger partial charge in [-0.1, -0.05) is 0 Å². The molecule has 0 saturated carbocycles. The van der Waals surface area contributed by atoms with Crippen molar-refractivity contribution in [3.05, 3.63) is 23.3 Å². The van der Waals surface area contributed by atoms with E-state index in [2.05, 4.69) is 16.8 Å². The fraction of sp³-hybridized carbons (Fsp3) is 0.632. The van der Waals surface area contributed by atoms with Gasteiger partial charge in [0.05, 0.1) is 14.2 Å². The molecule has 5 heteroatoms. The maximum Gasteiger partial charge on any atom is 0.254 e. The highest BCUT2D eigenvalue weighted by atomic mass is 16.5. The maximum atomic E-state index is 13.2. The van der Waals surface area contributed by atoms with Gasteiger partial charge in [0, 0.05) is 29.8 Å². The highest BCUT2D eigenvalue weighted by Gasteiger charge is 2.38. The summed E-state index contributed by atoms with van der Waals surface area (Å²) in [5.74, 6) is 1.49. The molecule has 3 rings (SSSR count). The van der Waals surface area contributed by atoms with Crippen LogP contribution in [-0.4, -0.2) is 62.1 Å². The molecule has 0 aliphatic carbocycles. The summed E-state index contributed by atoms with van der Waals surface area (Å²) in [6, 6.07) is 4.50. The van der Waals surface area contributed by atoms with E-state index in [1.54, 1.807) is 14.2 Å². The fourth-order valence-corrected chi connectivity index (χ4v) is 4.24. The molecule has 2 atom stereocenters. The molecule has 2 saturated heterocycles. The smallest absolute Gasteiger partial charge is 0.254 e. The molecule has 2 fully saturated rings. The summed E-state index contributed by atoms with van der Waals surface area (Å²) >= 11 is 0. The molecule has 1 amide bonds. The number of likely N-dealkylation sites (N-methyl/N-ethyl adjacent to an activating group) is 1. The summed E-state index contributed by atoms with van der Waals surface area (Å²) in [6.45, 7) is 3.92. The van der Waals surface area contributed by atoms with Crippen LogP contribution in [0, 0.1) is 6.92 Å². The predicted molar refractivity (Wildman–Crippen MR) is 94.0 cm³/mol. The summed E-state index contributed by atoms with van der Waals surface area (Å²) in [4.78, 5) is 17.6. The van der Waals surface area contributed by atoms with Crippen molar-refractivity contribution in [1.82, 2.24) is 9.80 Å². The molecule has 2 heterocycles. The molecule has 2 aliphatic heterocycles. The molecule has 24 heavy (non-hydrogen) atoms. The topological polar surface area (TPSA) is 42.0 Å². The van der Waals surface area contributed by atoms with Crippen molar-refractivity contribution in [3.63, 3.8) is 0 Å². The molecule has 1 aromatic rings. The van der Waals surface area contributed by atoms with Crippen LogP contribution < -0.4 is 9.47 Å². The third-order valence-electron chi connectivity index (χ3n) is 5.58. The normalized spacial score (nSPS) is 24.4. The van der Waals surface area contributed by atoms with E-state index >= 15 is 0 Å². The highest BCUT2D eigenvalue weighted by Crippen LogP contribution is 2.33. The Morgan fingerprint density at radius 3 is 2.17 bits per heavy atom. The van der Waals surface area contributed by atoms with Gasteiger partial charge >= 0.3 is 0 Å². The molecular weight excluding hydrogens is 304 g/mol. The quantitative estimate of drug-likeness (QED) is 0.850. The van der Waals surface area contributed by atoms with Gasteiger partial charge in [-0.3, -0.25) is 4.79 Å². The van der Waals surface area contributed by atoms with E-state index in [4.69, 9.17) is 9.47 Å². The van der Waals surface area contributed by atoms with Gasteiger partial charge in [0.1, 0.15) is 11.5 Å². The summed E-state index contributed by atoms with van der Waals surface area (Å²) in [5, 5.41) is 0. The molecule has 5 nitrogen and oxygen atoms in total. The van der Waals surface area contributed by atoms with E-state index < -0.39 is 0 Å². The van der Waals surface area contributed by atoms with Gasteiger partial charge in [0.2, 0.25) is 0 Å². The molecule has 0 spiro atoms. The second kappa shape index (κ2) is 7.01. The number of amides is 1. The number of nitrogens with zero attached hydrogens (tertiary/aromatic N) is 2. The Morgan fingerprint density at radius 2 is 1.62 bits per heavy atom. The summed E-state index contributed by atoms with van der Waals surface area (Å²) < 4.78 is 10.9. The van der Waals surface area contributed by atoms with Crippen LogP contribution in [0.2, 0.25) is 0 Å². The summed E-state index contributed by atoms with van der Waals surface area (Å²) in [5.41, 5.74) is 1.58. The minimum atomic E-state index is 0.0920. The van der Waals surface area contributed by atoms with Crippen LogP contribution in [0.3, 0.4) is 0 Å². The maximum absolute atomic E-state index is 13.2. The molecule has 0 bridgehead atoms. The Labute approximate surface area is 144 Å². The number of hydrogen-bond donors (Lipinski definition) is 0. The highest BCUT2D eigenvalue weighted by molar-refractivity contribution is 5.95. The largest absolute Gasteiger partial charge is 0.496 e. The SMILES string of the molecule is COc1cc(C(=O)N2CCCC2C2CCCN2C)cc(OC)c1C. The lowest BCUT2D eigenvalue weighted by Gasteiger charge is -2.33. The first-order valence-corrected chi connectivity index (χ1v) is 8.80. The average Bonchev–Trinajstić information content (AvgIpc) is 3.22. The van der Waals surface area contributed by atoms with Gasteiger partial charge in [-0.25, -0.2) is 0 Å². The lowest BCUT2D eigenvalue weighted by Crippen LogP contribution is -2.47. The molecule has 2 unspecified atom stereocenters. The lowest BCUT2D eigenvalue weighted by atomic mass is 10.0. The van der Waals surface area contributed by atoms with Crippen molar-refractivity contribution in [1.29, 1.82) is 0 Å². The Hall–Kier alpha value is -1.75. The van der Waals surface area contributed by atoms with Crippen LogP contribution >= 0.6 is 0 Å². The first-order chi connectivity index (χ1) is 11.6. The first-order valence-electron chi connectivity index (χ1n) is 8.80. The van der Waals surface area contributed by atoms with Gasteiger partial charge < -0.3 is 19.3 Å². The number of likely N-dealkylation sites (tertiary alicyclic amines) is 2. The average molecular weight is 332 g/mol. The van der Waals surface area contributed by atoms with E-state index in [1.807, 2.05) is 19.1 Å². The van der Waals surface area contributed by atoms with Crippen molar-refractivity contribution in [3.8, 4) is 11.5 Å². The lowest BCUT2D eigenvalue weighted by molar-refractivity contribution is 0.0663. The minimum absolute atomic E-state index is 0.0920. The number of hydrogen-bond acceptors (Lipinski definition) is 4. The van der Waals surface area contributed by atoms with Crippen LogP contribution in [0.1, 0.15) is 41.6 Å². The zero-order valence-electron chi connectivity index (χ0n) is 15.2. The Bertz CT molecular complexity index is 592. The van der Waals surface area contributed by atoms with Crippen molar-refractivity contribution in [2.75, 3.05) is 34.4 Å². The number of rotatable bonds is 4. The second-order valence-electron chi connectivity index (χ2n) is 6.90. The van der Waals surface area contributed by atoms with E-state index in [0.29, 0.717) is 29.1 Å². The van der Waals surface area contributed by atoms with Gasteiger partial charge in [0.15, 0.2) is 0 Å². The number of carbonyl (C=O) groups is 1. The molecule has 132 valence electrons. The Morgan fingerprint density at radius 1 is 1.04 bits per heavy atom. The second-order valence-corrected chi connectivity index (χ2v) is 6.90. The molecular formula is C19H28N2O3. The zero-order chi connectivity index (χ0) is 17.3. The summed E-state index contributed by atoms with van der Waals surface area (Å²) in [6.07, 6.45) is 4.60. The van der Waals surface area contributed by atoms with Crippen LogP contribution in [0.5, 0.6) is 11.5 Å². The van der Waals surface area contributed by atoms with Gasteiger partial charge in [-0.2, -0.15) is 0 Å². The van der Waals surface area contributed by atoms with Crippen molar-refractivity contribution in [2.24, 2.45) is 0 Å². The minimum Gasteiger partial charge on any atom is -0.496 e. The molecule has 2 aliphatic rings. The van der Waals surface area contributed by atoms with Crippen LogP contribution in [0.4, 0.5) is 0 Å². The van der Waals surface area contributed by atoms with E-state index in [0.717, 1.165) is 31.5 Å². The third kappa shape index (κ3) is 2.97. The van der Waals surface area contributed by atoms with E-state index in [-0.39, 0.29) is 5.91 Å². The summed E-state index contributed by atoms with van der Waals surface area (Å²) in [7, 11) is 5.43. The first kappa shape index (κ1) is 17.1. The number of benzene rings is 1. The van der Waals surface area contributed by atoms with Gasteiger partial charge in [-0.05, 0) is 58.3 Å². The number of methoxy groups -OCH3 is 2. The Balaban J connectivity index is 1.88.